The van der Waals surface area contributed by atoms with E-state index in [1.54, 1.807) is 10.9 Å². The molecule has 0 radical (unpaired) electrons. The SMILES string of the molecule is Nc1cc(-c2ccccc2Br)nn1-c1ccccn1. The van der Waals surface area contributed by atoms with Crippen molar-refractivity contribution < 1.29 is 0 Å². The van der Waals surface area contributed by atoms with Crippen molar-refractivity contribution in [3.05, 3.63) is 59.2 Å². The number of pyridine rings is 1. The van der Waals surface area contributed by atoms with E-state index in [9.17, 15) is 0 Å². The van der Waals surface area contributed by atoms with Crippen molar-refractivity contribution in [2.45, 2.75) is 0 Å². The molecule has 0 amide bonds. The van der Waals surface area contributed by atoms with Gasteiger partial charge in [0.2, 0.25) is 0 Å². The number of nitrogens with two attached hydrogens (primary N) is 1. The first kappa shape index (κ1) is 11.9. The van der Waals surface area contributed by atoms with Gasteiger partial charge in [-0.1, -0.05) is 40.2 Å². The fourth-order valence-electron chi connectivity index (χ4n) is 1.86. The van der Waals surface area contributed by atoms with Crippen molar-refractivity contribution in [2.24, 2.45) is 0 Å². The van der Waals surface area contributed by atoms with Crippen molar-refractivity contribution in [1.29, 1.82) is 0 Å². The minimum absolute atomic E-state index is 0.560. The number of hydrogen-bond acceptors (Lipinski definition) is 3. The molecule has 0 fully saturated rings. The summed E-state index contributed by atoms with van der Waals surface area (Å²) in [5.74, 6) is 1.27. The van der Waals surface area contributed by atoms with Crippen LogP contribution in [-0.2, 0) is 0 Å². The average Bonchev–Trinajstić information content (AvgIpc) is 2.82. The molecular formula is C14H11BrN4. The van der Waals surface area contributed by atoms with Crippen LogP contribution in [0.5, 0.6) is 0 Å². The summed E-state index contributed by atoms with van der Waals surface area (Å²) in [6.45, 7) is 0. The monoisotopic (exact) mass is 314 g/mol. The highest BCUT2D eigenvalue weighted by atomic mass is 79.9. The van der Waals surface area contributed by atoms with Gasteiger partial charge in [-0.25, -0.2) is 4.98 Å². The zero-order chi connectivity index (χ0) is 13.2. The maximum Gasteiger partial charge on any atom is 0.155 e. The summed E-state index contributed by atoms with van der Waals surface area (Å²) in [7, 11) is 0. The number of benzene rings is 1. The first-order valence-corrected chi connectivity index (χ1v) is 6.57. The van der Waals surface area contributed by atoms with Gasteiger partial charge < -0.3 is 5.73 Å². The first-order valence-electron chi connectivity index (χ1n) is 5.77. The molecule has 0 saturated heterocycles. The molecule has 4 nitrogen and oxygen atoms in total. The largest absolute Gasteiger partial charge is 0.384 e. The molecule has 0 aliphatic rings. The lowest BCUT2D eigenvalue weighted by molar-refractivity contribution is 0.860. The highest BCUT2D eigenvalue weighted by Crippen LogP contribution is 2.28. The highest BCUT2D eigenvalue weighted by Gasteiger charge is 2.11. The standard InChI is InChI=1S/C14H11BrN4/c15-11-6-2-1-5-10(11)12-9-13(16)19(18-12)14-7-3-4-8-17-14/h1-9H,16H2. The maximum absolute atomic E-state index is 6.01. The topological polar surface area (TPSA) is 56.7 Å². The molecule has 3 aromatic rings. The second-order valence-electron chi connectivity index (χ2n) is 4.03. The fraction of sp³-hybridized carbons (Fsp3) is 0. The van der Waals surface area contributed by atoms with E-state index in [1.807, 2.05) is 48.5 Å². The summed E-state index contributed by atoms with van der Waals surface area (Å²) in [6.07, 6.45) is 1.72. The molecule has 5 heteroatoms. The predicted molar refractivity (Wildman–Crippen MR) is 78.9 cm³/mol. The normalized spacial score (nSPS) is 10.6. The molecule has 3 rings (SSSR count). The Morgan fingerprint density at radius 2 is 1.84 bits per heavy atom. The van der Waals surface area contributed by atoms with Crippen LogP contribution >= 0.6 is 15.9 Å². The van der Waals surface area contributed by atoms with Gasteiger partial charge in [-0.2, -0.15) is 9.78 Å². The number of anilines is 1. The second kappa shape index (κ2) is 4.85. The summed E-state index contributed by atoms with van der Waals surface area (Å²) in [5.41, 5.74) is 7.82. The van der Waals surface area contributed by atoms with Gasteiger partial charge in [-0.3, -0.25) is 0 Å². The number of nitrogens with zero attached hydrogens (tertiary/aromatic N) is 3. The lowest BCUT2D eigenvalue weighted by Gasteiger charge is -2.02. The van der Waals surface area contributed by atoms with E-state index < -0.39 is 0 Å². The molecule has 0 spiro atoms. The summed E-state index contributed by atoms with van der Waals surface area (Å²) in [4.78, 5) is 4.25. The van der Waals surface area contributed by atoms with E-state index in [-0.39, 0.29) is 0 Å². The lowest BCUT2D eigenvalue weighted by Crippen LogP contribution is -2.03. The van der Waals surface area contributed by atoms with Crippen LogP contribution in [0.4, 0.5) is 5.82 Å². The quantitative estimate of drug-likeness (QED) is 0.789. The Hall–Kier alpha value is -2.14. The molecule has 2 N–H and O–H groups in total. The fourth-order valence-corrected chi connectivity index (χ4v) is 2.35. The van der Waals surface area contributed by atoms with Gasteiger partial charge in [0.25, 0.3) is 0 Å². The molecule has 94 valence electrons. The molecule has 0 atom stereocenters. The summed E-state index contributed by atoms with van der Waals surface area (Å²) >= 11 is 3.52. The molecule has 2 heterocycles. The average molecular weight is 315 g/mol. The molecule has 0 unspecified atom stereocenters. The van der Waals surface area contributed by atoms with Crippen molar-refractivity contribution in [2.75, 3.05) is 5.73 Å². The molecule has 2 aromatic heterocycles. The third-order valence-electron chi connectivity index (χ3n) is 2.75. The van der Waals surface area contributed by atoms with E-state index >= 15 is 0 Å². The number of aromatic nitrogens is 3. The molecule has 19 heavy (non-hydrogen) atoms. The Kier molecular flexibility index (Phi) is 3.05. The first-order chi connectivity index (χ1) is 9.25. The van der Waals surface area contributed by atoms with Crippen LogP contribution in [0.3, 0.4) is 0 Å². The van der Waals surface area contributed by atoms with Gasteiger partial charge in [-0.05, 0) is 18.2 Å². The third-order valence-corrected chi connectivity index (χ3v) is 3.44. The minimum atomic E-state index is 0.560. The van der Waals surface area contributed by atoms with E-state index in [0.29, 0.717) is 11.6 Å². The molecule has 0 aliphatic carbocycles. The van der Waals surface area contributed by atoms with Crippen molar-refractivity contribution in [3.63, 3.8) is 0 Å². The minimum Gasteiger partial charge on any atom is -0.384 e. The Bertz CT molecular complexity index is 706. The Morgan fingerprint density at radius 3 is 2.58 bits per heavy atom. The zero-order valence-corrected chi connectivity index (χ0v) is 11.6. The van der Waals surface area contributed by atoms with Crippen molar-refractivity contribution in [1.82, 2.24) is 14.8 Å². The van der Waals surface area contributed by atoms with Crippen molar-refractivity contribution >= 4 is 21.7 Å². The molecular weight excluding hydrogens is 304 g/mol. The summed E-state index contributed by atoms with van der Waals surface area (Å²) in [5, 5.41) is 4.51. The van der Waals surface area contributed by atoms with E-state index in [2.05, 4.69) is 26.0 Å². The third kappa shape index (κ3) is 2.24. The van der Waals surface area contributed by atoms with Crippen LogP contribution in [-0.4, -0.2) is 14.8 Å². The van der Waals surface area contributed by atoms with Crippen LogP contribution in [0.1, 0.15) is 0 Å². The molecule has 0 saturated carbocycles. The van der Waals surface area contributed by atoms with Crippen molar-refractivity contribution in [3.8, 4) is 17.1 Å². The number of hydrogen-bond donors (Lipinski definition) is 1. The van der Waals surface area contributed by atoms with Crippen LogP contribution < -0.4 is 5.73 Å². The van der Waals surface area contributed by atoms with Gasteiger partial charge in [0.1, 0.15) is 5.82 Å². The van der Waals surface area contributed by atoms with Gasteiger partial charge in [-0.15, -0.1) is 0 Å². The second-order valence-corrected chi connectivity index (χ2v) is 4.89. The Morgan fingerprint density at radius 1 is 1.05 bits per heavy atom. The predicted octanol–water partition coefficient (Wildman–Crippen LogP) is 3.28. The van der Waals surface area contributed by atoms with Crippen LogP contribution in [0, 0.1) is 0 Å². The van der Waals surface area contributed by atoms with Crippen LogP contribution in [0.25, 0.3) is 17.1 Å². The van der Waals surface area contributed by atoms with Gasteiger partial charge in [0, 0.05) is 22.3 Å². The number of halogens is 1. The van der Waals surface area contributed by atoms with E-state index in [4.69, 9.17) is 5.73 Å². The van der Waals surface area contributed by atoms with Crippen LogP contribution in [0.15, 0.2) is 59.2 Å². The van der Waals surface area contributed by atoms with Gasteiger partial charge in [0.15, 0.2) is 5.82 Å². The van der Waals surface area contributed by atoms with Gasteiger partial charge >= 0.3 is 0 Å². The molecule has 0 aliphatic heterocycles. The summed E-state index contributed by atoms with van der Waals surface area (Å²) in [6, 6.07) is 15.4. The van der Waals surface area contributed by atoms with E-state index in [0.717, 1.165) is 15.7 Å². The van der Waals surface area contributed by atoms with Crippen LogP contribution in [0.2, 0.25) is 0 Å². The van der Waals surface area contributed by atoms with Gasteiger partial charge in [0.05, 0.1) is 5.69 Å². The highest BCUT2D eigenvalue weighted by molar-refractivity contribution is 9.10. The number of rotatable bonds is 2. The zero-order valence-electron chi connectivity index (χ0n) is 9.99. The Balaban J connectivity index is 2.10. The number of nitrogen functional groups attached to an aromatic ring is 1. The van der Waals surface area contributed by atoms with E-state index in [1.165, 1.54) is 0 Å². The lowest BCUT2D eigenvalue weighted by atomic mass is 10.1. The molecule has 1 aromatic carbocycles. The smallest absolute Gasteiger partial charge is 0.155 e. The maximum atomic E-state index is 6.01. The molecule has 0 bridgehead atoms. The summed E-state index contributed by atoms with van der Waals surface area (Å²) < 4.78 is 2.62. The Labute approximate surface area is 119 Å².